The maximum atomic E-state index is 12.9. The second-order valence-corrected chi connectivity index (χ2v) is 6.57. The molecule has 0 aromatic carbocycles. The van der Waals surface area contributed by atoms with E-state index >= 15 is 0 Å². The SMILES string of the molecule is Cc1nc2c(cnn2C(C)C)cc1C(=O)N1CCCCC1C(=O)O. The van der Waals surface area contributed by atoms with E-state index in [9.17, 15) is 14.7 Å². The first-order valence-electron chi connectivity index (χ1n) is 8.28. The summed E-state index contributed by atoms with van der Waals surface area (Å²) in [6, 6.07) is 1.20. The summed E-state index contributed by atoms with van der Waals surface area (Å²) >= 11 is 0. The Morgan fingerprint density at radius 2 is 2.08 bits per heavy atom. The normalized spacial score (nSPS) is 18.3. The van der Waals surface area contributed by atoms with Gasteiger partial charge in [0.1, 0.15) is 6.04 Å². The fourth-order valence-corrected chi connectivity index (χ4v) is 3.25. The van der Waals surface area contributed by atoms with Crippen molar-refractivity contribution in [1.82, 2.24) is 19.7 Å². The summed E-state index contributed by atoms with van der Waals surface area (Å²) in [5, 5.41) is 14.5. The van der Waals surface area contributed by atoms with Gasteiger partial charge in [0.2, 0.25) is 0 Å². The molecule has 1 aliphatic heterocycles. The Bertz CT molecular complexity index is 796. The van der Waals surface area contributed by atoms with Crippen LogP contribution in [0.25, 0.3) is 11.0 Å². The molecule has 128 valence electrons. The number of rotatable bonds is 3. The highest BCUT2D eigenvalue weighted by Gasteiger charge is 2.33. The fourth-order valence-electron chi connectivity index (χ4n) is 3.25. The van der Waals surface area contributed by atoms with E-state index in [0.717, 1.165) is 23.9 Å². The van der Waals surface area contributed by atoms with Gasteiger partial charge in [-0.1, -0.05) is 0 Å². The third kappa shape index (κ3) is 2.74. The number of carboxylic acids is 1. The first-order valence-corrected chi connectivity index (χ1v) is 8.28. The van der Waals surface area contributed by atoms with Crippen molar-refractivity contribution in [1.29, 1.82) is 0 Å². The average Bonchev–Trinajstić information content (AvgIpc) is 2.96. The zero-order chi connectivity index (χ0) is 17.4. The molecule has 2 aromatic rings. The summed E-state index contributed by atoms with van der Waals surface area (Å²) in [5.41, 5.74) is 1.80. The molecule has 0 saturated carbocycles. The third-order valence-corrected chi connectivity index (χ3v) is 4.53. The van der Waals surface area contributed by atoms with Gasteiger partial charge in [-0.2, -0.15) is 5.10 Å². The van der Waals surface area contributed by atoms with Crippen molar-refractivity contribution in [2.45, 2.75) is 52.1 Å². The van der Waals surface area contributed by atoms with Crippen LogP contribution >= 0.6 is 0 Å². The van der Waals surface area contributed by atoms with E-state index in [0.29, 0.717) is 24.2 Å². The van der Waals surface area contributed by atoms with Crippen LogP contribution < -0.4 is 0 Å². The van der Waals surface area contributed by atoms with E-state index in [1.54, 1.807) is 19.2 Å². The zero-order valence-electron chi connectivity index (χ0n) is 14.2. The van der Waals surface area contributed by atoms with Crippen LogP contribution in [0.4, 0.5) is 0 Å². The van der Waals surface area contributed by atoms with Gasteiger partial charge in [-0.15, -0.1) is 0 Å². The molecule has 1 N–H and O–H groups in total. The van der Waals surface area contributed by atoms with E-state index in [1.165, 1.54) is 4.90 Å². The van der Waals surface area contributed by atoms with E-state index < -0.39 is 12.0 Å². The Morgan fingerprint density at radius 1 is 1.33 bits per heavy atom. The molecule has 0 aliphatic carbocycles. The minimum atomic E-state index is -0.942. The molecule has 3 heterocycles. The summed E-state index contributed by atoms with van der Waals surface area (Å²) in [4.78, 5) is 30.4. The number of carboxylic acid groups (broad SMARTS) is 1. The molecule has 1 unspecified atom stereocenters. The van der Waals surface area contributed by atoms with Gasteiger partial charge in [-0.3, -0.25) is 4.79 Å². The van der Waals surface area contributed by atoms with Crippen LogP contribution in [0.1, 0.15) is 55.2 Å². The number of aryl methyl sites for hydroxylation is 1. The zero-order valence-corrected chi connectivity index (χ0v) is 14.2. The molecule has 1 aliphatic rings. The summed E-state index contributed by atoms with van der Waals surface area (Å²) in [7, 11) is 0. The maximum absolute atomic E-state index is 12.9. The second kappa shape index (κ2) is 6.22. The molecule has 24 heavy (non-hydrogen) atoms. The van der Waals surface area contributed by atoms with E-state index in [2.05, 4.69) is 10.1 Å². The highest BCUT2D eigenvalue weighted by Crippen LogP contribution is 2.24. The summed E-state index contributed by atoms with van der Waals surface area (Å²) in [6.45, 7) is 6.30. The van der Waals surface area contributed by atoms with E-state index in [4.69, 9.17) is 0 Å². The maximum Gasteiger partial charge on any atom is 0.326 e. The molecule has 1 amide bonds. The molecule has 0 radical (unpaired) electrons. The van der Waals surface area contributed by atoms with Crippen molar-refractivity contribution >= 4 is 22.9 Å². The number of nitrogens with zero attached hydrogens (tertiary/aromatic N) is 4. The van der Waals surface area contributed by atoms with E-state index in [1.807, 2.05) is 18.5 Å². The van der Waals surface area contributed by atoms with Crippen molar-refractivity contribution in [2.24, 2.45) is 0 Å². The Hall–Kier alpha value is -2.44. The topological polar surface area (TPSA) is 88.3 Å². The highest BCUT2D eigenvalue weighted by molar-refractivity contribution is 6.00. The lowest BCUT2D eigenvalue weighted by atomic mass is 10.0. The standard InChI is InChI=1S/C17H22N4O3/c1-10(2)21-15-12(9-18-21)8-13(11(3)19-15)16(22)20-7-5-4-6-14(20)17(23)24/h8-10,14H,4-7H2,1-3H3,(H,23,24). The third-order valence-electron chi connectivity index (χ3n) is 4.53. The molecule has 1 atom stereocenters. The number of amides is 1. The van der Waals surface area contributed by atoms with Crippen molar-refractivity contribution in [3.05, 3.63) is 23.5 Å². The van der Waals surface area contributed by atoms with E-state index in [-0.39, 0.29) is 11.9 Å². The Morgan fingerprint density at radius 3 is 2.75 bits per heavy atom. The predicted octanol–water partition coefficient (Wildman–Crippen LogP) is 2.40. The van der Waals surface area contributed by atoms with Crippen LogP contribution in [0, 0.1) is 6.92 Å². The molecule has 3 rings (SSSR count). The quantitative estimate of drug-likeness (QED) is 0.933. The molecule has 0 bridgehead atoms. The van der Waals surface area contributed by atoms with Crippen molar-refractivity contribution < 1.29 is 14.7 Å². The number of hydrogen-bond donors (Lipinski definition) is 1. The van der Waals surface area contributed by atoms with Gasteiger partial charge >= 0.3 is 5.97 Å². The van der Waals surface area contributed by atoms with Crippen LogP contribution in [-0.2, 0) is 4.79 Å². The van der Waals surface area contributed by atoms with Crippen LogP contribution in [0.3, 0.4) is 0 Å². The van der Waals surface area contributed by atoms with Gasteiger partial charge in [-0.05, 0) is 46.1 Å². The van der Waals surface area contributed by atoms with Crippen LogP contribution in [0.15, 0.2) is 12.3 Å². The van der Waals surface area contributed by atoms with Gasteiger partial charge in [0, 0.05) is 18.0 Å². The Kier molecular flexibility index (Phi) is 4.26. The minimum absolute atomic E-state index is 0.175. The lowest BCUT2D eigenvalue weighted by molar-refractivity contribution is -0.143. The molecular weight excluding hydrogens is 308 g/mol. The number of hydrogen-bond acceptors (Lipinski definition) is 4. The fraction of sp³-hybridized carbons (Fsp3) is 0.529. The number of aromatic nitrogens is 3. The number of fused-ring (bicyclic) bond motifs is 1. The lowest BCUT2D eigenvalue weighted by Crippen LogP contribution is -2.48. The van der Waals surface area contributed by atoms with Gasteiger partial charge in [-0.25, -0.2) is 14.5 Å². The molecule has 1 saturated heterocycles. The first-order chi connectivity index (χ1) is 11.4. The molecule has 7 nitrogen and oxygen atoms in total. The first kappa shape index (κ1) is 16.4. The number of likely N-dealkylation sites (tertiary alicyclic amines) is 1. The number of carbonyl (C=O) groups is 2. The average molecular weight is 330 g/mol. The van der Waals surface area contributed by atoms with Crippen LogP contribution in [0.5, 0.6) is 0 Å². The number of pyridine rings is 1. The Balaban J connectivity index is 2.00. The monoisotopic (exact) mass is 330 g/mol. The molecule has 2 aromatic heterocycles. The number of aliphatic carboxylic acids is 1. The smallest absolute Gasteiger partial charge is 0.326 e. The molecule has 7 heteroatoms. The van der Waals surface area contributed by atoms with Crippen LogP contribution in [-0.4, -0.2) is 49.2 Å². The number of piperidine rings is 1. The Labute approximate surface area is 140 Å². The van der Waals surface area contributed by atoms with Crippen molar-refractivity contribution in [3.63, 3.8) is 0 Å². The summed E-state index contributed by atoms with van der Waals surface area (Å²) < 4.78 is 1.82. The predicted molar refractivity (Wildman–Crippen MR) is 89.0 cm³/mol. The van der Waals surface area contributed by atoms with Gasteiger partial charge in [0.05, 0.1) is 17.5 Å². The molecular formula is C17H22N4O3. The van der Waals surface area contributed by atoms with Gasteiger partial charge in [0.25, 0.3) is 5.91 Å². The van der Waals surface area contributed by atoms with Crippen LogP contribution in [0.2, 0.25) is 0 Å². The van der Waals surface area contributed by atoms with Gasteiger partial charge < -0.3 is 10.0 Å². The largest absolute Gasteiger partial charge is 0.480 e. The highest BCUT2D eigenvalue weighted by atomic mass is 16.4. The number of carbonyl (C=O) groups excluding carboxylic acids is 1. The summed E-state index contributed by atoms with van der Waals surface area (Å²) in [5.74, 6) is -1.20. The summed E-state index contributed by atoms with van der Waals surface area (Å²) in [6.07, 6.45) is 3.86. The molecule has 0 spiro atoms. The van der Waals surface area contributed by atoms with Crippen molar-refractivity contribution in [2.75, 3.05) is 6.54 Å². The molecule has 1 fully saturated rings. The van der Waals surface area contributed by atoms with Gasteiger partial charge in [0.15, 0.2) is 5.65 Å². The minimum Gasteiger partial charge on any atom is -0.480 e. The lowest BCUT2D eigenvalue weighted by Gasteiger charge is -2.33. The van der Waals surface area contributed by atoms with Crippen molar-refractivity contribution in [3.8, 4) is 0 Å². The second-order valence-electron chi connectivity index (χ2n) is 6.57.